The molecule has 1 amide bonds. The van der Waals surface area contributed by atoms with Gasteiger partial charge >= 0.3 is 0 Å². The first kappa shape index (κ1) is 20.7. The molecule has 2 saturated carbocycles. The minimum Gasteiger partial charge on any atom is -0.388 e. The maximum absolute atomic E-state index is 13.9. The second kappa shape index (κ2) is 7.78. The highest BCUT2D eigenvalue weighted by atomic mass is 19.3. The summed E-state index contributed by atoms with van der Waals surface area (Å²) < 4.78 is 33.8. The van der Waals surface area contributed by atoms with Gasteiger partial charge < -0.3 is 15.8 Å². The lowest BCUT2D eigenvalue weighted by Crippen LogP contribution is -2.42. The number of hydrogen-bond acceptors (Lipinski definition) is 4. The van der Waals surface area contributed by atoms with Gasteiger partial charge in [0.1, 0.15) is 11.3 Å². The molecule has 0 spiro atoms. The van der Waals surface area contributed by atoms with Crippen molar-refractivity contribution in [2.24, 2.45) is 17.6 Å². The Bertz CT molecular complexity index is 768. The summed E-state index contributed by atoms with van der Waals surface area (Å²) in [6.45, 7) is 3.70. The maximum atomic E-state index is 13.9. The highest BCUT2D eigenvalue weighted by Crippen LogP contribution is 2.48. The molecule has 0 aromatic carbocycles. The topological polar surface area (TPSA) is 77.2 Å². The van der Waals surface area contributed by atoms with Crippen LogP contribution in [0.5, 0.6) is 0 Å². The van der Waals surface area contributed by atoms with Crippen molar-refractivity contribution in [2.75, 3.05) is 7.11 Å². The number of carbonyl (C=O) groups is 1. The number of nitrogens with zero attached hydrogens (tertiary/aromatic N) is 1. The van der Waals surface area contributed by atoms with Crippen LogP contribution in [0.2, 0.25) is 0 Å². The average molecular weight is 393 g/mol. The molecule has 2 fully saturated rings. The van der Waals surface area contributed by atoms with Gasteiger partial charge in [-0.25, -0.2) is 8.78 Å². The third-order valence-electron chi connectivity index (χ3n) is 6.39. The fourth-order valence-electron chi connectivity index (χ4n) is 4.76. The van der Waals surface area contributed by atoms with Crippen molar-refractivity contribution in [2.45, 2.75) is 63.5 Å². The van der Waals surface area contributed by atoms with E-state index in [0.717, 1.165) is 30.4 Å². The second-order valence-electron chi connectivity index (χ2n) is 8.16. The number of aromatic nitrogens is 1. The number of ether oxygens (including phenoxy) is 1. The van der Waals surface area contributed by atoms with Crippen LogP contribution >= 0.6 is 0 Å². The van der Waals surface area contributed by atoms with E-state index in [4.69, 9.17) is 10.5 Å². The van der Waals surface area contributed by atoms with Crippen LogP contribution in [0.3, 0.4) is 0 Å². The molecule has 28 heavy (non-hydrogen) atoms. The number of alkyl halides is 2. The summed E-state index contributed by atoms with van der Waals surface area (Å²) in [6.07, 6.45) is 6.44. The highest BCUT2D eigenvalue weighted by Gasteiger charge is 2.47. The molecule has 7 heteroatoms. The number of primary amides is 1. The molecule has 5 nitrogen and oxygen atoms in total. The molecule has 1 aromatic rings. The molecule has 0 aliphatic heterocycles. The number of nitrogens with two attached hydrogens (primary N) is 1. The monoisotopic (exact) mass is 393 g/mol. The van der Waals surface area contributed by atoms with Crippen LogP contribution in [0.1, 0.15) is 62.0 Å². The molecule has 2 aliphatic rings. The summed E-state index contributed by atoms with van der Waals surface area (Å²) in [4.78, 5) is 15.6. The first-order valence-electron chi connectivity index (χ1n) is 9.85. The predicted molar refractivity (Wildman–Crippen MR) is 103 cm³/mol. The average Bonchev–Trinajstić information content (AvgIpc) is 2.92. The second-order valence-corrected chi connectivity index (χ2v) is 8.16. The Kier molecular flexibility index (Phi) is 5.75. The zero-order valence-corrected chi connectivity index (χ0v) is 16.7. The molecule has 1 aromatic heterocycles. The van der Waals surface area contributed by atoms with Crippen LogP contribution in [0, 0.1) is 11.8 Å². The SMILES string of the molecule is COC1(c2ccnc(C(N)=O)c2)/C(=C/N[C@H]2CC(C)C(F)(F)C2)CCCC1C. The van der Waals surface area contributed by atoms with E-state index in [2.05, 4.69) is 17.2 Å². The van der Waals surface area contributed by atoms with Gasteiger partial charge in [-0.05, 0) is 61.1 Å². The van der Waals surface area contributed by atoms with Crippen molar-refractivity contribution in [3.8, 4) is 0 Å². The Morgan fingerprint density at radius 1 is 1.39 bits per heavy atom. The molecule has 0 radical (unpaired) electrons. The van der Waals surface area contributed by atoms with Crippen LogP contribution in [-0.2, 0) is 10.3 Å². The zero-order valence-electron chi connectivity index (χ0n) is 16.7. The summed E-state index contributed by atoms with van der Waals surface area (Å²) in [5.74, 6) is -3.71. The van der Waals surface area contributed by atoms with Gasteiger partial charge in [-0.15, -0.1) is 0 Å². The van der Waals surface area contributed by atoms with Crippen molar-refractivity contribution in [3.63, 3.8) is 0 Å². The lowest BCUT2D eigenvalue weighted by molar-refractivity contribution is -0.0436. The number of amides is 1. The van der Waals surface area contributed by atoms with Crippen LogP contribution < -0.4 is 11.1 Å². The van der Waals surface area contributed by atoms with Crippen molar-refractivity contribution in [1.29, 1.82) is 0 Å². The Labute approximate surface area is 164 Å². The number of pyridine rings is 1. The standard InChI is InChI=1S/C21H29F2N3O2/c1-13-5-4-6-16(12-26-17-9-14(2)20(22,23)11-17)21(13,28-3)15-7-8-25-18(10-15)19(24)27/h7-8,10,12-14,17,26H,4-6,9,11H2,1-3H3,(H2,24,27)/b16-12+/t13?,14?,17-,21?/m0/s1. The Morgan fingerprint density at radius 3 is 2.75 bits per heavy atom. The number of halogens is 2. The zero-order chi connectivity index (χ0) is 20.5. The summed E-state index contributed by atoms with van der Waals surface area (Å²) in [5.41, 5.74) is 6.65. The van der Waals surface area contributed by atoms with E-state index in [1.165, 1.54) is 0 Å². The van der Waals surface area contributed by atoms with Gasteiger partial charge in [-0.1, -0.05) is 13.8 Å². The van der Waals surface area contributed by atoms with E-state index in [1.54, 1.807) is 26.3 Å². The maximum Gasteiger partial charge on any atom is 0.267 e. The van der Waals surface area contributed by atoms with Gasteiger partial charge in [0, 0.05) is 31.7 Å². The molecular weight excluding hydrogens is 364 g/mol. The van der Waals surface area contributed by atoms with Gasteiger partial charge in [0.05, 0.1) is 0 Å². The summed E-state index contributed by atoms with van der Waals surface area (Å²) >= 11 is 0. The predicted octanol–water partition coefficient (Wildman–Crippen LogP) is 3.75. The van der Waals surface area contributed by atoms with Gasteiger partial charge in [-0.2, -0.15) is 0 Å². The lowest BCUT2D eigenvalue weighted by atomic mass is 9.69. The number of rotatable bonds is 5. The van der Waals surface area contributed by atoms with Gasteiger partial charge in [0.15, 0.2) is 0 Å². The van der Waals surface area contributed by atoms with Gasteiger partial charge in [-0.3, -0.25) is 9.78 Å². The van der Waals surface area contributed by atoms with Crippen molar-refractivity contribution in [3.05, 3.63) is 41.4 Å². The van der Waals surface area contributed by atoms with Crippen LogP contribution in [0.15, 0.2) is 30.1 Å². The molecule has 3 unspecified atom stereocenters. The van der Waals surface area contributed by atoms with Crippen molar-refractivity contribution >= 4 is 5.91 Å². The minimum atomic E-state index is -2.63. The third-order valence-corrected chi connectivity index (χ3v) is 6.39. The fraction of sp³-hybridized carbons (Fsp3) is 0.619. The molecule has 4 atom stereocenters. The van der Waals surface area contributed by atoms with Crippen molar-refractivity contribution in [1.82, 2.24) is 10.3 Å². The number of nitrogens with one attached hydrogen (secondary N) is 1. The molecule has 0 saturated heterocycles. The Hall–Kier alpha value is -2.02. The molecule has 3 rings (SSSR count). The first-order chi connectivity index (χ1) is 13.2. The molecule has 3 N–H and O–H groups in total. The van der Waals surface area contributed by atoms with Crippen LogP contribution in [0.25, 0.3) is 0 Å². The largest absolute Gasteiger partial charge is 0.388 e. The fourth-order valence-corrected chi connectivity index (χ4v) is 4.76. The lowest BCUT2D eigenvalue weighted by Gasteiger charge is -2.44. The number of carbonyl (C=O) groups excluding carboxylic acids is 1. The van der Waals surface area contributed by atoms with E-state index in [0.29, 0.717) is 6.42 Å². The molecule has 1 heterocycles. The normalized spacial score (nSPS) is 33.8. The molecular formula is C21H29F2N3O2. The number of methoxy groups -OCH3 is 1. The van der Waals surface area contributed by atoms with Gasteiger partial charge in [0.2, 0.25) is 0 Å². The summed E-state index contributed by atoms with van der Waals surface area (Å²) in [7, 11) is 1.64. The van der Waals surface area contributed by atoms with E-state index in [-0.39, 0.29) is 24.1 Å². The van der Waals surface area contributed by atoms with E-state index in [1.807, 2.05) is 12.3 Å². The van der Waals surface area contributed by atoms with Crippen LogP contribution in [0.4, 0.5) is 8.78 Å². The van der Waals surface area contributed by atoms with E-state index < -0.39 is 23.3 Å². The third kappa shape index (κ3) is 3.64. The van der Waals surface area contributed by atoms with Gasteiger partial charge in [0.25, 0.3) is 11.8 Å². The van der Waals surface area contributed by atoms with Crippen LogP contribution in [-0.4, -0.2) is 30.0 Å². The Balaban J connectivity index is 1.94. The molecule has 0 bridgehead atoms. The smallest absolute Gasteiger partial charge is 0.267 e. The van der Waals surface area contributed by atoms with E-state index >= 15 is 0 Å². The summed E-state index contributed by atoms with van der Waals surface area (Å²) in [5, 5.41) is 3.22. The highest BCUT2D eigenvalue weighted by molar-refractivity contribution is 5.90. The summed E-state index contributed by atoms with van der Waals surface area (Å²) in [6, 6.07) is 3.24. The molecule has 2 aliphatic carbocycles. The van der Waals surface area contributed by atoms with Crippen molar-refractivity contribution < 1.29 is 18.3 Å². The molecule has 154 valence electrons. The Morgan fingerprint density at radius 2 is 2.14 bits per heavy atom. The first-order valence-corrected chi connectivity index (χ1v) is 9.85. The number of hydrogen-bond donors (Lipinski definition) is 2. The quantitative estimate of drug-likeness (QED) is 0.799. The van der Waals surface area contributed by atoms with E-state index in [9.17, 15) is 13.6 Å². The minimum absolute atomic E-state index is 0.145.